The van der Waals surface area contributed by atoms with Crippen LogP contribution in [0.1, 0.15) is 30.8 Å². The van der Waals surface area contributed by atoms with Crippen LogP contribution in [-0.2, 0) is 14.3 Å². The van der Waals surface area contributed by atoms with Gasteiger partial charge in [-0.15, -0.1) is 0 Å². The summed E-state index contributed by atoms with van der Waals surface area (Å²) in [5.74, 6) is -2.96. The molecule has 0 saturated heterocycles. The smallest absolute Gasteiger partial charge is 0.326 e. The zero-order valence-electron chi connectivity index (χ0n) is 14.1. The maximum absolute atomic E-state index is 12.3. The van der Waals surface area contributed by atoms with Gasteiger partial charge in [-0.3, -0.25) is 9.59 Å². The van der Waals surface area contributed by atoms with E-state index in [1.807, 2.05) is 12.1 Å². The van der Waals surface area contributed by atoms with Gasteiger partial charge in [-0.05, 0) is 25.5 Å². The van der Waals surface area contributed by atoms with E-state index in [0.717, 1.165) is 5.39 Å². The number of carbonyl (C=O) groups excluding carboxylic acids is 2. The first-order chi connectivity index (χ1) is 11.9. The van der Waals surface area contributed by atoms with E-state index in [1.54, 1.807) is 32.0 Å². The van der Waals surface area contributed by atoms with Gasteiger partial charge >= 0.3 is 11.9 Å². The van der Waals surface area contributed by atoms with Crippen LogP contribution in [0, 0.1) is 5.92 Å². The zero-order valence-corrected chi connectivity index (χ0v) is 14.1. The number of ether oxygens (including phenoxy) is 1. The number of nitrogens with zero attached hydrogens (tertiary/aromatic N) is 1. The first-order valence-electron chi connectivity index (χ1n) is 7.98. The highest BCUT2D eigenvalue weighted by Crippen LogP contribution is 2.13. The highest BCUT2D eigenvalue weighted by atomic mass is 16.5. The van der Waals surface area contributed by atoms with E-state index in [-0.39, 0.29) is 18.7 Å². The molecule has 0 saturated carbocycles. The topological polar surface area (TPSA) is 106 Å². The van der Waals surface area contributed by atoms with Crippen LogP contribution in [0.25, 0.3) is 10.9 Å². The molecule has 2 atom stereocenters. The second kappa shape index (κ2) is 8.23. The van der Waals surface area contributed by atoms with Crippen LogP contribution in [0.2, 0.25) is 0 Å². The number of carboxylic acid groups (broad SMARTS) is 1. The first-order valence-corrected chi connectivity index (χ1v) is 7.98. The van der Waals surface area contributed by atoms with E-state index >= 15 is 0 Å². The fourth-order valence-electron chi connectivity index (χ4n) is 2.38. The average Bonchev–Trinajstić information content (AvgIpc) is 2.60. The summed E-state index contributed by atoms with van der Waals surface area (Å²) in [6.45, 7) is 3.45. The average molecular weight is 344 g/mol. The van der Waals surface area contributed by atoms with Gasteiger partial charge in [0.2, 0.25) is 0 Å². The minimum atomic E-state index is -1.22. The van der Waals surface area contributed by atoms with E-state index in [1.165, 1.54) is 6.07 Å². The van der Waals surface area contributed by atoms with Gasteiger partial charge in [0, 0.05) is 5.39 Å². The molecule has 2 rings (SSSR count). The van der Waals surface area contributed by atoms with Crippen LogP contribution in [-0.4, -0.2) is 40.6 Å². The van der Waals surface area contributed by atoms with Gasteiger partial charge in [0.15, 0.2) is 0 Å². The molecule has 0 radical (unpaired) electrons. The monoisotopic (exact) mass is 344 g/mol. The van der Waals surface area contributed by atoms with E-state index in [4.69, 9.17) is 4.74 Å². The number of esters is 1. The van der Waals surface area contributed by atoms with Crippen molar-refractivity contribution in [3.05, 3.63) is 42.1 Å². The van der Waals surface area contributed by atoms with Gasteiger partial charge in [-0.2, -0.15) is 0 Å². The Hall–Kier alpha value is -2.96. The Labute approximate surface area is 145 Å². The molecular formula is C18H20N2O5. The van der Waals surface area contributed by atoms with Crippen molar-refractivity contribution in [2.24, 2.45) is 5.92 Å². The SMILES string of the molecule is CCOC(=O)[C@H](C)C[C@H](NC(=O)c1ccc2ccccc2n1)C(=O)O. The van der Waals surface area contributed by atoms with Gasteiger partial charge in [0.25, 0.3) is 5.91 Å². The van der Waals surface area contributed by atoms with Crippen LogP contribution < -0.4 is 5.32 Å². The van der Waals surface area contributed by atoms with Crippen molar-refractivity contribution in [3.63, 3.8) is 0 Å². The lowest BCUT2D eigenvalue weighted by Gasteiger charge is -2.18. The molecule has 0 fully saturated rings. The summed E-state index contributed by atoms with van der Waals surface area (Å²) >= 11 is 0. The summed E-state index contributed by atoms with van der Waals surface area (Å²) in [7, 11) is 0. The summed E-state index contributed by atoms with van der Waals surface area (Å²) in [5.41, 5.74) is 0.760. The molecule has 2 aromatic rings. The minimum Gasteiger partial charge on any atom is -0.480 e. The summed E-state index contributed by atoms with van der Waals surface area (Å²) < 4.78 is 4.87. The lowest BCUT2D eigenvalue weighted by Crippen LogP contribution is -2.43. The van der Waals surface area contributed by atoms with Gasteiger partial charge in [0.05, 0.1) is 18.0 Å². The summed E-state index contributed by atoms with van der Waals surface area (Å²) in [6, 6.07) is 9.37. The number of nitrogens with one attached hydrogen (secondary N) is 1. The first kappa shape index (κ1) is 18.4. The van der Waals surface area contributed by atoms with Crippen LogP contribution in [0.5, 0.6) is 0 Å². The van der Waals surface area contributed by atoms with Crippen LogP contribution in [0.3, 0.4) is 0 Å². The lowest BCUT2D eigenvalue weighted by atomic mass is 10.0. The zero-order chi connectivity index (χ0) is 18.4. The molecule has 7 heteroatoms. The van der Waals surface area contributed by atoms with Gasteiger partial charge < -0.3 is 15.2 Å². The molecule has 2 N–H and O–H groups in total. The Morgan fingerprint density at radius 2 is 1.92 bits per heavy atom. The fraction of sp³-hybridized carbons (Fsp3) is 0.333. The molecule has 1 aromatic carbocycles. The molecule has 1 amide bonds. The number of para-hydroxylation sites is 1. The Bertz CT molecular complexity index is 790. The number of carboxylic acids is 1. The third-order valence-corrected chi connectivity index (χ3v) is 3.71. The number of amides is 1. The standard InChI is InChI=1S/C18H20N2O5/c1-3-25-18(24)11(2)10-15(17(22)23)20-16(21)14-9-8-12-6-4-5-7-13(12)19-14/h4-9,11,15H,3,10H2,1-2H3,(H,20,21)(H,22,23)/t11-,15+/m1/s1. The highest BCUT2D eigenvalue weighted by Gasteiger charge is 2.27. The van der Waals surface area contributed by atoms with Crippen molar-refractivity contribution >= 4 is 28.7 Å². The van der Waals surface area contributed by atoms with Crippen LogP contribution in [0.15, 0.2) is 36.4 Å². The number of hydrogen-bond donors (Lipinski definition) is 2. The van der Waals surface area contributed by atoms with Crippen molar-refractivity contribution in [1.82, 2.24) is 10.3 Å². The maximum Gasteiger partial charge on any atom is 0.326 e. The summed E-state index contributed by atoms with van der Waals surface area (Å²) in [4.78, 5) is 39.6. The Kier molecular flexibility index (Phi) is 6.05. The molecule has 25 heavy (non-hydrogen) atoms. The number of aliphatic carboxylic acids is 1. The summed E-state index contributed by atoms with van der Waals surface area (Å²) in [6.07, 6.45) is -0.0620. The predicted octanol–water partition coefficient (Wildman–Crippen LogP) is 2.01. The Morgan fingerprint density at radius 3 is 2.60 bits per heavy atom. The largest absolute Gasteiger partial charge is 0.480 e. The van der Waals surface area contributed by atoms with Gasteiger partial charge in [-0.1, -0.05) is 31.2 Å². The number of fused-ring (bicyclic) bond motifs is 1. The van der Waals surface area contributed by atoms with Gasteiger partial charge in [-0.25, -0.2) is 9.78 Å². The molecule has 0 spiro atoms. The van der Waals surface area contributed by atoms with Crippen molar-refractivity contribution in [2.45, 2.75) is 26.3 Å². The quantitative estimate of drug-likeness (QED) is 0.744. The molecule has 1 aromatic heterocycles. The molecule has 7 nitrogen and oxygen atoms in total. The predicted molar refractivity (Wildman–Crippen MR) is 91.0 cm³/mol. The molecule has 0 aliphatic carbocycles. The normalized spacial score (nSPS) is 13.0. The van der Waals surface area contributed by atoms with Crippen molar-refractivity contribution in [2.75, 3.05) is 6.61 Å². The number of aromatic nitrogens is 1. The van der Waals surface area contributed by atoms with E-state index in [2.05, 4.69) is 10.3 Å². The van der Waals surface area contributed by atoms with E-state index in [0.29, 0.717) is 5.52 Å². The van der Waals surface area contributed by atoms with Crippen molar-refractivity contribution in [3.8, 4) is 0 Å². The van der Waals surface area contributed by atoms with Crippen molar-refractivity contribution in [1.29, 1.82) is 0 Å². The molecule has 0 aliphatic heterocycles. The molecular weight excluding hydrogens is 324 g/mol. The van der Waals surface area contributed by atoms with Crippen LogP contribution in [0.4, 0.5) is 0 Å². The molecule has 0 unspecified atom stereocenters. The van der Waals surface area contributed by atoms with E-state index in [9.17, 15) is 19.5 Å². The number of pyridine rings is 1. The number of hydrogen-bond acceptors (Lipinski definition) is 5. The number of rotatable bonds is 7. The lowest BCUT2D eigenvalue weighted by molar-refractivity contribution is -0.148. The molecule has 0 bridgehead atoms. The van der Waals surface area contributed by atoms with Crippen molar-refractivity contribution < 1.29 is 24.2 Å². The second-order valence-corrected chi connectivity index (χ2v) is 5.64. The molecule has 132 valence electrons. The minimum absolute atomic E-state index is 0.0620. The van der Waals surface area contributed by atoms with Gasteiger partial charge in [0.1, 0.15) is 11.7 Å². The number of carbonyl (C=O) groups is 3. The second-order valence-electron chi connectivity index (χ2n) is 5.64. The third-order valence-electron chi connectivity index (χ3n) is 3.71. The highest BCUT2D eigenvalue weighted by molar-refractivity contribution is 5.97. The fourth-order valence-corrected chi connectivity index (χ4v) is 2.38. The Balaban J connectivity index is 2.10. The maximum atomic E-state index is 12.3. The summed E-state index contributed by atoms with van der Waals surface area (Å²) in [5, 5.41) is 12.6. The third kappa shape index (κ3) is 4.76. The number of benzene rings is 1. The molecule has 0 aliphatic rings. The van der Waals surface area contributed by atoms with E-state index < -0.39 is 29.8 Å². The Morgan fingerprint density at radius 1 is 1.20 bits per heavy atom. The molecule has 1 heterocycles. The van der Waals surface area contributed by atoms with Crippen LogP contribution >= 0.6 is 0 Å².